The highest BCUT2D eigenvalue weighted by Crippen LogP contribution is 2.49. The van der Waals surface area contributed by atoms with Crippen molar-refractivity contribution >= 4 is 26.1 Å². The molecule has 1 aromatic heterocycles. The molecule has 0 bridgehead atoms. The molecule has 0 unspecified atom stereocenters. The van der Waals surface area contributed by atoms with Gasteiger partial charge in [0.25, 0.3) is 0 Å². The SMILES string of the molecule is Cc1cc(C)c(P(CCp2c(C)c(C)c(C)c2C)c2c(C)cc(C)cc2C)c(C)c1. The molecular weight excluding hydrogens is 398 g/mol. The summed E-state index contributed by atoms with van der Waals surface area (Å²) in [5.74, 6) is 0. The maximum Gasteiger partial charge on any atom is -0.00905 e. The second kappa shape index (κ2) is 9.02. The van der Waals surface area contributed by atoms with Gasteiger partial charge in [0, 0.05) is 0 Å². The average Bonchev–Trinajstić information content (AvgIpc) is 2.81. The zero-order chi connectivity index (χ0) is 22.3. The Balaban J connectivity index is 2.14. The second-order valence-corrected chi connectivity index (χ2v) is 14.1. The fraction of sp³-hybridized carbons (Fsp3) is 0.429. The van der Waals surface area contributed by atoms with Gasteiger partial charge < -0.3 is 0 Å². The number of benzene rings is 2. The van der Waals surface area contributed by atoms with Crippen LogP contribution >= 0.6 is 15.5 Å². The fourth-order valence-electron chi connectivity index (χ4n) is 5.27. The summed E-state index contributed by atoms with van der Waals surface area (Å²) < 4.78 is 0. The molecular formula is C28H38P2. The summed E-state index contributed by atoms with van der Waals surface area (Å²) in [5.41, 5.74) is 11.8. The first-order chi connectivity index (χ1) is 14.0. The van der Waals surface area contributed by atoms with Gasteiger partial charge in [0.15, 0.2) is 0 Å². The molecule has 0 fully saturated rings. The van der Waals surface area contributed by atoms with E-state index in [9.17, 15) is 0 Å². The molecule has 0 nitrogen and oxygen atoms in total. The summed E-state index contributed by atoms with van der Waals surface area (Å²) in [4.78, 5) is 0. The minimum Gasteiger partial charge on any atom is -0.118 e. The van der Waals surface area contributed by atoms with E-state index in [2.05, 4.69) is 93.5 Å². The predicted molar refractivity (Wildman–Crippen MR) is 140 cm³/mol. The summed E-state index contributed by atoms with van der Waals surface area (Å²) in [5, 5.41) is 6.56. The van der Waals surface area contributed by atoms with Gasteiger partial charge in [-0.3, -0.25) is 0 Å². The molecule has 0 amide bonds. The Labute approximate surface area is 186 Å². The van der Waals surface area contributed by atoms with Gasteiger partial charge in [-0.25, -0.2) is 0 Å². The van der Waals surface area contributed by atoms with Gasteiger partial charge in [0.1, 0.15) is 0 Å². The molecule has 0 aliphatic heterocycles. The Bertz CT molecular complexity index is 969. The highest BCUT2D eigenvalue weighted by atomic mass is 31.1. The van der Waals surface area contributed by atoms with Crippen LogP contribution in [-0.4, -0.2) is 6.16 Å². The summed E-state index contributed by atoms with van der Waals surface area (Å²) in [6.07, 6.45) is 2.60. The lowest BCUT2D eigenvalue weighted by Gasteiger charge is -2.27. The number of aryl methyl sites for hydroxylation is 6. The highest BCUT2D eigenvalue weighted by molar-refractivity contribution is 7.73. The van der Waals surface area contributed by atoms with Gasteiger partial charge in [-0.15, -0.1) is 7.53 Å². The third kappa shape index (κ3) is 4.33. The van der Waals surface area contributed by atoms with Gasteiger partial charge in [0.05, 0.1) is 0 Å². The van der Waals surface area contributed by atoms with E-state index >= 15 is 0 Å². The van der Waals surface area contributed by atoms with Crippen LogP contribution in [0.2, 0.25) is 0 Å². The molecule has 2 aromatic carbocycles. The standard InChI is InChI=1S/C28H38P2/c1-17-13-19(3)27(20(4)14-17)30(28-21(5)15-18(2)16-22(28)6)12-11-29-25(9)23(7)24(8)26(29)10/h13-16H,11-12H2,1-10H3. The van der Waals surface area contributed by atoms with Crippen molar-refractivity contribution in [3.63, 3.8) is 0 Å². The number of hydrogen-bond donors (Lipinski definition) is 0. The smallest absolute Gasteiger partial charge is 0.00905 e. The first kappa shape index (κ1) is 23.3. The zero-order valence-electron chi connectivity index (χ0n) is 20.6. The first-order valence-corrected chi connectivity index (χ1v) is 14.1. The van der Waals surface area contributed by atoms with Crippen LogP contribution in [0.15, 0.2) is 24.3 Å². The lowest BCUT2D eigenvalue weighted by Crippen LogP contribution is -2.23. The van der Waals surface area contributed by atoms with Crippen molar-refractivity contribution in [2.45, 2.75) is 75.4 Å². The van der Waals surface area contributed by atoms with Crippen LogP contribution in [0.3, 0.4) is 0 Å². The van der Waals surface area contributed by atoms with Gasteiger partial charge in [-0.1, -0.05) is 35.4 Å². The monoisotopic (exact) mass is 436 g/mol. The van der Waals surface area contributed by atoms with Gasteiger partial charge >= 0.3 is 0 Å². The van der Waals surface area contributed by atoms with Crippen LogP contribution in [0.25, 0.3) is 0 Å². The molecule has 0 N–H and O–H groups in total. The lowest BCUT2D eigenvalue weighted by atomic mass is 10.1. The normalized spacial score (nSPS) is 11.6. The summed E-state index contributed by atoms with van der Waals surface area (Å²) in [6.45, 7) is 23.2. The first-order valence-electron chi connectivity index (χ1n) is 11.1. The third-order valence-corrected chi connectivity index (χ3v) is 13.3. The molecule has 160 valence electrons. The molecule has 3 aromatic rings. The maximum absolute atomic E-state index is 2.39. The molecule has 3 rings (SSSR count). The molecule has 1 heterocycles. The largest absolute Gasteiger partial charge is 0.118 e. The van der Waals surface area contributed by atoms with Crippen molar-refractivity contribution in [2.75, 3.05) is 6.16 Å². The van der Waals surface area contributed by atoms with Gasteiger partial charge in [0.2, 0.25) is 0 Å². The summed E-state index contributed by atoms with van der Waals surface area (Å²) >= 11 is 0. The van der Waals surface area contributed by atoms with Crippen LogP contribution in [0.5, 0.6) is 0 Å². The molecule has 0 spiro atoms. The van der Waals surface area contributed by atoms with E-state index in [-0.39, 0.29) is 15.5 Å². The number of hydrogen-bond acceptors (Lipinski definition) is 0. The Morgan fingerprint density at radius 2 is 0.900 bits per heavy atom. The van der Waals surface area contributed by atoms with E-state index in [1.807, 2.05) is 0 Å². The molecule has 30 heavy (non-hydrogen) atoms. The highest BCUT2D eigenvalue weighted by Gasteiger charge is 2.23. The third-order valence-electron chi connectivity index (χ3n) is 6.82. The summed E-state index contributed by atoms with van der Waals surface area (Å²) in [6, 6.07) is 9.56. The topological polar surface area (TPSA) is 0 Å². The maximum atomic E-state index is 2.39. The minimum absolute atomic E-state index is 0.135. The summed E-state index contributed by atoms with van der Waals surface area (Å²) in [7, 11) is -0.506. The van der Waals surface area contributed by atoms with Crippen molar-refractivity contribution in [1.82, 2.24) is 0 Å². The Kier molecular flexibility index (Phi) is 7.01. The van der Waals surface area contributed by atoms with Crippen molar-refractivity contribution in [2.24, 2.45) is 0 Å². The quantitative estimate of drug-likeness (QED) is 0.357. The van der Waals surface area contributed by atoms with E-state index < -0.39 is 0 Å². The predicted octanol–water partition coefficient (Wildman–Crippen LogP) is 7.89. The molecule has 0 aliphatic rings. The molecule has 0 radical (unpaired) electrons. The Hall–Kier alpha value is -1.35. The Morgan fingerprint density at radius 3 is 1.23 bits per heavy atom. The minimum atomic E-state index is -0.371. The van der Waals surface area contributed by atoms with Crippen molar-refractivity contribution in [1.29, 1.82) is 0 Å². The van der Waals surface area contributed by atoms with E-state index in [0.29, 0.717) is 0 Å². The van der Waals surface area contributed by atoms with Crippen LogP contribution in [-0.2, 0) is 6.16 Å². The fourth-order valence-corrected chi connectivity index (χ4v) is 11.8. The van der Waals surface area contributed by atoms with Gasteiger partial charge in [-0.2, -0.15) is 0 Å². The van der Waals surface area contributed by atoms with E-state index in [0.717, 1.165) is 0 Å². The molecule has 0 aliphatic carbocycles. The average molecular weight is 437 g/mol. The van der Waals surface area contributed by atoms with Crippen LogP contribution in [0, 0.1) is 69.2 Å². The van der Waals surface area contributed by atoms with E-state index in [4.69, 9.17) is 0 Å². The zero-order valence-corrected chi connectivity index (χ0v) is 22.4. The molecule has 0 saturated heterocycles. The number of rotatable bonds is 5. The van der Waals surface area contributed by atoms with Gasteiger partial charge in [-0.05, 0) is 144 Å². The molecule has 2 heteroatoms. The van der Waals surface area contributed by atoms with Crippen molar-refractivity contribution in [3.05, 3.63) is 79.4 Å². The molecule has 0 saturated carbocycles. The Morgan fingerprint density at radius 1 is 0.567 bits per heavy atom. The van der Waals surface area contributed by atoms with Crippen molar-refractivity contribution in [3.8, 4) is 0 Å². The lowest BCUT2D eigenvalue weighted by molar-refractivity contribution is 1.32. The van der Waals surface area contributed by atoms with Crippen LogP contribution in [0.1, 0.15) is 55.1 Å². The van der Waals surface area contributed by atoms with Crippen LogP contribution in [0.4, 0.5) is 0 Å². The van der Waals surface area contributed by atoms with Crippen molar-refractivity contribution < 1.29 is 0 Å². The van der Waals surface area contributed by atoms with E-state index in [1.54, 1.807) is 32.3 Å². The van der Waals surface area contributed by atoms with E-state index in [1.165, 1.54) is 45.7 Å². The second-order valence-electron chi connectivity index (χ2n) is 9.22. The molecule has 0 atom stereocenters. The van der Waals surface area contributed by atoms with Crippen LogP contribution < -0.4 is 10.6 Å².